The van der Waals surface area contributed by atoms with E-state index in [-0.39, 0.29) is 37.8 Å². The molecule has 0 saturated carbocycles. The zero-order valence-corrected chi connectivity index (χ0v) is 17.1. The number of hydrogen-bond donors (Lipinski definition) is 2. The smallest absolute Gasteiger partial charge is 0.330 e. The molecule has 162 valence electrons. The Hall–Kier alpha value is -3.85. The maximum absolute atomic E-state index is 13.1. The quantitative estimate of drug-likeness (QED) is 0.536. The van der Waals surface area contributed by atoms with Gasteiger partial charge >= 0.3 is 5.69 Å². The first kappa shape index (κ1) is 21.8. The third-order valence-electron chi connectivity index (χ3n) is 4.59. The van der Waals surface area contributed by atoms with Crippen LogP contribution in [0, 0.1) is 0 Å². The lowest BCUT2D eigenvalue weighted by molar-refractivity contribution is -0.120. The largest absolute Gasteiger partial charge is 0.484 e. The zero-order chi connectivity index (χ0) is 22.2. The first-order valence-electron chi connectivity index (χ1n) is 9.65. The number of anilines is 2. The number of nitrogens with two attached hydrogens (primary N) is 1. The molecule has 0 aliphatic heterocycles. The van der Waals surface area contributed by atoms with Gasteiger partial charge in [-0.3, -0.25) is 24.0 Å². The number of aromatic nitrogens is 2. The molecule has 1 heterocycles. The SMILES string of the molecule is COCCn1c(N)c(N(Cc2ccccc2)C(=O)COc2ccccc2)c(=O)[nH]c1=O. The summed E-state index contributed by atoms with van der Waals surface area (Å²) in [5, 5.41) is 0. The lowest BCUT2D eigenvalue weighted by atomic mass is 10.2. The number of H-pyrrole nitrogens is 1. The second kappa shape index (κ2) is 10.3. The van der Waals surface area contributed by atoms with E-state index in [0.29, 0.717) is 5.75 Å². The second-order valence-electron chi connectivity index (χ2n) is 6.70. The Morgan fingerprint density at radius 1 is 1.06 bits per heavy atom. The zero-order valence-electron chi connectivity index (χ0n) is 17.1. The highest BCUT2D eigenvalue weighted by Gasteiger charge is 2.25. The van der Waals surface area contributed by atoms with Crippen LogP contribution >= 0.6 is 0 Å². The molecule has 0 saturated heterocycles. The van der Waals surface area contributed by atoms with Gasteiger partial charge in [-0.2, -0.15) is 0 Å². The van der Waals surface area contributed by atoms with Crippen molar-refractivity contribution in [1.29, 1.82) is 0 Å². The van der Waals surface area contributed by atoms with Crippen LogP contribution < -0.4 is 26.6 Å². The summed E-state index contributed by atoms with van der Waals surface area (Å²) in [4.78, 5) is 41.5. The van der Waals surface area contributed by atoms with Gasteiger partial charge in [-0.1, -0.05) is 48.5 Å². The minimum absolute atomic E-state index is 0.0770. The third kappa shape index (κ3) is 5.40. The predicted molar refractivity (Wildman–Crippen MR) is 117 cm³/mol. The van der Waals surface area contributed by atoms with E-state index < -0.39 is 17.2 Å². The summed E-state index contributed by atoms with van der Waals surface area (Å²) < 4.78 is 11.8. The van der Waals surface area contributed by atoms with Crippen LogP contribution in [0.4, 0.5) is 11.5 Å². The molecule has 0 aliphatic carbocycles. The standard InChI is InChI=1S/C22H24N4O5/c1-30-13-12-25-20(23)19(21(28)24-22(25)29)26(14-16-8-4-2-5-9-16)18(27)15-31-17-10-6-3-7-11-17/h2-11H,12-15,23H2,1H3,(H,24,28,29). The Balaban J connectivity index is 1.98. The first-order chi connectivity index (χ1) is 15.0. The number of nitrogen functional groups attached to an aromatic ring is 1. The number of nitrogens with zero attached hydrogens (tertiary/aromatic N) is 2. The summed E-state index contributed by atoms with van der Waals surface area (Å²) in [6.45, 7) is 0.0959. The summed E-state index contributed by atoms with van der Waals surface area (Å²) in [7, 11) is 1.49. The van der Waals surface area contributed by atoms with Crippen molar-refractivity contribution in [2.24, 2.45) is 0 Å². The van der Waals surface area contributed by atoms with E-state index in [9.17, 15) is 14.4 Å². The van der Waals surface area contributed by atoms with E-state index in [2.05, 4.69) is 4.98 Å². The molecule has 3 N–H and O–H groups in total. The van der Waals surface area contributed by atoms with Gasteiger partial charge in [0, 0.05) is 7.11 Å². The number of nitrogens with one attached hydrogen (secondary N) is 1. The molecule has 1 aromatic heterocycles. The Bertz CT molecular complexity index is 1130. The van der Waals surface area contributed by atoms with Crippen LogP contribution in [0.3, 0.4) is 0 Å². The molecule has 9 nitrogen and oxygen atoms in total. The van der Waals surface area contributed by atoms with Gasteiger partial charge in [-0.25, -0.2) is 4.79 Å². The van der Waals surface area contributed by atoms with E-state index in [1.54, 1.807) is 24.3 Å². The second-order valence-corrected chi connectivity index (χ2v) is 6.70. The molecular formula is C22H24N4O5. The van der Waals surface area contributed by atoms with Crippen LogP contribution in [0.15, 0.2) is 70.3 Å². The highest BCUT2D eigenvalue weighted by atomic mass is 16.5. The molecule has 9 heteroatoms. The number of methoxy groups -OCH3 is 1. The fourth-order valence-corrected chi connectivity index (χ4v) is 3.04. The molecule has 3 rings (SSSR count). The van der Waals surface area contributed by atoms with Gasteiger partial charge in [-0.15, -0.1) is 0 Å². The fraction of sp³-hybridized carbons (Fsp3) is 0.227. The van der Waals surface area contributed by atoms with Crippen molar-refractivity contribution in [2.75, 3.05) is 31.0 Å². The summed E-state index contributed by atoms with van der Waals surface area (Å²) in [5.41, 5.74) is 5.43. The molecule has 0 atom stereocenters. The maximum Gasteiger partial charge on any atom is 0.330 e. The highest BCUT2D eigenvalue weighted by Crippen LogP contribution is 2.20. The van der Waals surface area contributed by atoms with Gasteiger partial charge in [-0.05, 0) is 17.7 Å². The summed E-state index contributed by atoms with van der Waals surface area (Å²) in [6, 6.07) is 18.0. The van der Waals surface area contributed by atoms with E-state index in [1.807, 2.05) is 36.4 Å². The van der Waals surface area contributed by atoms with Crippen molar-refractivity contribution in [3.05, 3.63) is 87.1 Å². The van der Waals surface area contributed by atoms with Crippen molar-refractivity contribution in [3.63, 3.8) is 0 Å². The lowest BCUT2D eigenvalue weighted by Crippen LogP contribution is -2.42. The molecule has 3 aromatic rings. The monoisotopic (exact) mass is 424 g/mol. The molecule has 31 heavy (non-hydrogen) atoms. The molecule has 0 aliphatic rings. The number of para-hydroxylation sites is 1. The number of hydrogen-bond acceptors (Lipinski definition) is 6. The maximum atomic E-state index is 13.1. The van der Waals surface area contributed by atoms with E-state index in [0.717, 1.165) is 5.56 Å². The number of amides is 1. The molecule has 0 fully saturated rings. The molecule has 2 aromatic carbocycles. The van der Waals surface area contributed by atoms with Gasteiger partial charge in [0.1, 0.15) is 11.6 Å². The average Bonchev–Trinajstić information content (AvgIpc) is 2.78. The molecule has 1 amide bonds. The van der Waals surface area contributed by atoms with Gasteiger partial charge < -0.3 is 15.2 Å². The number of carbonyl (C=O) groups is 1. The summed E-state index contributed by atoms with van der Waals surface area (Å²) in [5.74, 6) is -0.0842. The molecule has 0 spiro atoms. The Morgan fingerprint density at radius 2 is 1.71 bits per heavy atom. The van der Waals surface area contributed by atoms with Crippen molar-refractivity contribution in [1.82, 2.24) is 9.55 Å². The van der Waals surface area contributed by atoms with Gasteiger partial charge in [0.2, 0.25) is 0 Å². The van der Waals surface area contributed by atoms with E-state index in [4.69, 9.17) is 15.2 Å². The van der Waals surface area contributed by atoms with Gasteiger partial charge in [0.25, 0.3) is 11.5 Å². The van der Waals surface area contributed by atoms with Crippen molar-refractivity contribution < 1.29 is 14.3 Å². The summed E-state index contributed by atoms with van der Waals surface area (Å²) in [6.07, 6.45) is 0. The van der Waals surface area contributed by atoms with Gasteiger partial charge in [0.05, 0.1) is 19.7 Å². The van der Waals surface area contributed by atoms with Crippen LogP contribution in [0.5, 0.6) is 5.75 Å². The highest BCUT2D eigenvalue weighted by molar-refractivity contribution is 5.96. The van der Waals surface area contributed by atoms with Crippen molar-refractivity contribution in [3.8, 4) is 5.75 Å². The normalized spacial score (nSPS) is 10.6. The first-order valence-corrected chi connectivity index (χ1v) is 9.65. The fourth-order valence-electron chi connectivity index (χ4n) is 3.04. The third-order valence-corrected chi connectivity index (χ3v) is 4.59. The number of carbonyl (C=O) groups excluding carboxylic acids is 1. The predicted octanol–water partition coefficient (Wildman–Crippen LogP) is 1.38. The number of aromatic amines is 1. The molecule has 0 radical (unpaired) electrons. The van der Waals surface area contributed by atoms with E-state index in [1.165, 1.54) is 16.6 Å². The number of rotatable bonds is 9. The molecule has 0 unspecified atom stereocenters. The molecule has 0 bridgehead atoms. The number of benzene rings is 2. The van der Waals surface area contributed by atoms with Crippen molar-refractivity contribution >= 4 is 17.4 Å². The van der Waals surface area contributed by atoms with Gasteiger partial charge in [0.15, 0.2) is 12.3 Å². The molecular weight excluding hydrogens is 400 g/mol. The van der Waals surface area contributed by atoms with Crippen LogP contribution in [0.1, 0.15) is 5.56 Å². The number of ether oxygens (including phenoxy) is 2. The van der Waals surface area contributed by atoms with Crippen LogP contribution in [-0.2, 0) is 22.6 Å². The van der Waals surface area contributed by atoms with E-state index >= 15 is 0 Å². The van der Waals surface area contributed by atoms with Crippen LogP contribution in [-0.4, -0.2) is 35.8 Å². The topological polar surface area (TPSA) is 120 Å². The minimum atomic E-state index is -0.750. The Kier molecular flexibility index (Phi) is 7.23. The summed E-state index contributed by atoms with van der Waals surface area (Å²) >= 11 is 0. The Morgan fingerprint density at radius 3 is 2.35 bits per heavy atom. The Labute approximate surface area is 178 Å². The van der Waals surface area contributed by atoms with Crippen LogP contribution in [0.2, 0.25) is 0 Å². The van der Waals surface area contributed by atoms with Crippen molar-refractivity contribution in [2.45, 2.75) is 13.1 Å². The minimum Gasteiger partial charge on any atom is -0.484 e. The average molecular weight is 424 g/mol. The lowest BCUT2D eigenvalue weighted by Gasteiger charge is -2.24. The van der Waals surface area contributed by atoms with Crippen LogP contribution in [0.25, 0.3) is 0 Å².